The van der Waals surface area contributed by atoms with Gasteiger partial charge in [-0.2, -0.15) is 0 Å². The molecule has 3 aromatic carbocycles. The van der Waals surface area contributed by atoms with Crippen molar-refractivity contribution in [3.05, 3.63) is 72.8 Å². The van der Waals surface area contributed by atoms with Gasteiger partial charge in [0.1, 0.15) is 0 Å². The van der Waals surface area contributed by atoms with Gasteiger partial charge in [-0.15, -0.1) is 0 Å². The molecular weight excluding hydrogens is 461 g/mol. The van der Waals surface area contributed by atoms with E-state index in [9.17, 15) is 0 Å². The van der Waals surface area contributed by atoms with Gasteiger partial charge in [0, 0.05) is 0 Å². The predicted octanol–water partition coefficient (Wildman–Crippen LogP) is 9.09. The Labute approximate surface area is 205 Å². The van der Waals surface area contributed by atoms with Crippen LogP contribution < -0.4 is 9.13 Å². The van der Waals surface area contributed by atoms with Crippen LogP contribution >= 0.6 is 0 Å². The summed E-state index contributed by atoms with van der Waals surface area (Å²) in [5, 5.41) is 1.44. The first-order valence-corrected chi connectivity index (χ1v) is 19.7. The van der Waals surface area contributed by atoms with E-state index >= 15 is 0 Å². The van der Waals surface area contributed by atoms with Crippen molar-refractivity contribution in [3.8, 4) is 28.0 Å². The molecule has 0 aliphatic heterocycles. The summed E-state index contributed by atoms with van der Waals surface area (Å²) in [4.78, 5) is 0. The molecule has 0 saturated heterocycles. The van der Waals surface area contributed by atoms with E-state index in [1.54, 1.807) is 4.40 Å². The van der Waals surface area contributed by atoms with E-state index < -0.39 is 13.3 Å². The van der Waals surface area contributed by atoms with Gasteiger partial charge in [0.15, 0.2) is 0 Å². The molecule has 33 heavy (non-hydrogen) atoms. The van der Waals surface area contributed by atoms with Crippen LogP contribution in [0.5, 0.6) is 5.75 Å². The molecule has 0 atom stereocenters. The van der Waals surface area contributed by atoms with E-state index in [4.69, 9.17) is 4.74 Å². The Morgan fingerprint density at radius 3 is 1.52 bits per heavy atom. The zero-order chi connectivity index (χ0) is 23.5. The molecule has 0 heterocycles. The van der Waals surface area contributed by atoms with E-state index in [1.165, 1.54) is 66.0 Å². The van der Waals surface area contributed by atoms with Crippen molar-refractivity contribution in [1.82, 2.24) is 0 Å². The van der Waals surface area contributed by atoms with Gasteiger partial charge in [-0.25, -0.2) is 0 Å². The first-order valence-electron chi connectivity index (χ1n) is 13.0. The summed E-state index contributed by atoms with van der Waals surface area (Å²) in [7, 11) is 0. The van der Waals surface area contributed by atoms with Crippen LogP contribution in [-0.4, -0.2) is 19.9 Å². The molecule has 0 N–H and O–H groups in total. The maximum absolute atomic E-state index is 5.88. The van der Waals surface area contributed by atoms with Crippen molar-refractivity contribution in [1.29, 1.82) is 0 Å². The van der Waals surface area contributed by atoms with Crippen molar-refractivity contribution in [2.24, 2.45) is 0 Å². The molecule has 0 spiro atoms. The Morgan fingerprint density at radius 1 is 0.545 bits per heavy atom. The maximum atomic E-state index is 5.88. The van der Waals surface area contributed by atoms with Crippen LogP contribution in [-0.2, 0) is 0 Å². The van der Waals surface area contributed by atoms with E-state index in [1.807, 2.05) is 0 Å². The Hall–Kier alpha value is -2.00. The molecule has 176 valence electrons. The van der Waals surface area contributed by atoms with E-state index in [-0.39, 0.29) is 0 Å². The van der Waals surface area contributed by atoms with E-state index in [0.717, 1.165) is 18.8 Å². The third kappa shape index (κ3) is 7.78. The van der Waals surface area contributed by atoms with Crippen LogP contribution in [0.15, 0.2) is 72.8 Å². The molecule has 1 nitrogen and oxygen atoms in total. The van der Waals surface area contributed by atoms with Gasteiger partial charge in [0.05, 0.1) is 6.61 Å². The van der Waals surface area contributed by atoms with Crippen LogP contribution in [0.1, 0.15) is 58.8 Å². The van der Waals surface area contributed by atoms with Crippen LogP contribution in [0.3, 0.4) is 0 Å². The molecule has 3 aromatic rings. The second-order valence-electron chi connectivity index (χ2n) is 9.93. The molecule has 0 bridgehead atoms. The molecule has 2 heteroatoms. The minimum absolute atomic E-state index is 0.812. The van der Waals surface area contributed by atoms with Gasteiger partial charge in [-0.1, -0.05) is 26.2 Å². The summed E-state index contributed by atoms with van der Waals surface area (Å²) in [6.45, 7) is 5.34. The summed E-state index contributed by atoms with van der Waals surface area (Å²) in [5.74, 6) is 6.08. The molecule has 3 rings (SSSR count). The average molecular weight is 503 g/mol. The number of hydrogen-bond donors (Lipinski definition) is 0. The fraction of sp³-hybridized carbons (Fsp3) is 0.419. The van der Waals surface area contributed by atoms with Crippen molar-refractivity contribution >= 4 is 17.7 Å². The average Bonchev–Trinajstić information content (AvgIpc) is 2.85. The third-order valence-corrected chi connectivity index (χ3v) is 14.1. The van der Waals surface area contributed by atoms with Gasteiger partial charge in [-0.3, -0.25) is 0 Å². The monoisotopic (exact) mass is 504 g/mol. The molecule has 0 aliphatic rings. The summed E-state index contributed by atoms with van der Waals surface area (Å²) < 4.78 is 7.51. The molecule has 0 aliphatic carbocycles. The van der Waals surface area contributed by atoms with Crippen molar-refractivity contribution in [2.75, 3.05) is 6.61 Å². The molecule has 0 amide bonds. The number of unbranched alkanes of at least 4 members (excludes halogenated alkanes) is 5. The summed E-state index contributed by atoms with van der Waals surface area (Å²) in [5.41, 5.74) is 5.08. The van der Waals surface area contributed by atoms with Crippen molar-refractivity contribution < 1.29 is 4.74 Å². The predicted molar refractivity (Wildman–Crippen MR) is 148 cm³/mol. The van der Waals surface area contributed by atoms with Crippen LogP contribution in [0.4, 0.5) is 0 Å². The molecule has 0 fully saturated rings. The zero-order valence-corrected chi connectivity index (χ0v) is 23.3. The van der Waals surface area contributed by atoms with E-state index in [2.05, 4.69) is 98.2 Å². The Balaban J connectivity index is 1.59. The number of hydrogen-bond acceptors (Lipinski definition) is 1. The van der Waals surface area contributed by atoms with Gasteiger partial charge in [0.25, 0.3) is 0 Å². The number of benzene rings is 3. The van der Waals surface area contributed by atoms with Gasteiger partial charge in [-0.05, 0) is 6.42 Å². The molecule has 0 radical (unpaired) electrons. The third-order valence-electron chi connectivity index (χ3n) is 6.74. The fourth-order valence-electron chi connectivity index (χ4n) is 4.39. The zero-order valence-electron chi connectivity index (χ0n) is 21.2. The summed E-state index contributed by atoms with van der Waals surface area (Å²) >= 11 is -1.87. The van der Waals surface area contributed by atoms with Gasteiger partial charge >= 0.3 is 161 Å². The Kier molecular flexibility index (Phi) is 10.1. The quantitative estimate of drug-likeness (QED) is 0.167. The summed E-state index contributed by atoms with van der Waals surface area (Å²) in [6, 6.07) is 26.9. The summed E-state index contributed by atoms with van der Waals surface area (Å²) in [6.07, 6.45) is 9.01. The first-order chi connectivity index (χ1) is 16.0. The van der Waals surface area contributed by atoms with Crippen LogP contribution in [0.25, 0.3) is 22.3 Å². The van der Waals surface area contributed by atoms with Crippen LogP contribution in [0.2, 0.25) is 16.8 Å². The second kappa shape index (κ2) is 13.0. The number of ether oxygens (including phenoxy) is 1. The van der Waals surface area contributed by atoms with Crippen molar-refractivity contribution in [2.45, 2.75) is 75.6 Å². The number of rotatable bonds is 13. The van der Waals surface area contributed by atoms with Crippen molar-refractivity contribution in [3.63, 3.8) is 0 Å². The fourth-order valence-corrected chi connectivity index (χ4v) is 9.62. The second-order valence-corrected chi connectivity index (χ2v) is 20.1. The van der Waals surface area contributed by atoms with E-state index in [0.29, 0.717) is 0 Å². The minimum atomic E-state index is -1.87. The standard InChI is InChI=1S/C31H42GeO/c1-5-7-9-11-25-33-31-22-18-29(19-23-31)27-14-12-26(13-15-27)28-16-20-30(21-17-28)32(3,4)24-10-8-6-2/h12-23H,5-11,24-25H2,1-4H3. The molecular formula is C31H42GeO. The normalized spacial score (nSPS) is 11.5. The van der Waals surface area contributed by atoms with Gasteiger partial charge < -0.3 is 4.74 Å². The SMILES string of the molecule is CCCCCCOc1ccc(-c2ccc(-c3cc[c]([Ge]([CH3])([CH3])[CH2]CCCC)cc3)cc2)cc1. The Morgan fingerprint density at radius 2 is 1.00 bits per heavy atom. The van der Waals surface area contributed by atoms with Gasteiger partial charge in [0.2, 0.25) is 0 Å². The first kappa shape index (κ1) is 25.6. The Bertz CT molecular complexity index is 940. The van der Waals surface area contributed by atoms with Crippen LogP contribution in [0, 0.1) is 0 Å². The molecule has 0 unspecified atom stereocenters. The molecule has 0 aromatic heterocycles. The molecule has 0 saturated carbocycles. The topological polar surface area (TPSA) is 9.23 Å².